The number of hydrogen-bond donors (Lipinski definition) is 1. The molecule has 0 spiro atoms. The van der Waals surface area contributed by atoms with E-state index < -0.39 is 10.7 Å². The Balaban J connectivity index is 2.02. The van der Waals surface area contributed by atoms with Crippen LogP contribution in [0, 0.1) is 5.92 Å². The van der Waals surface area contributed by atoms with Gasteiger partial charge in [-0.05, 0) is 41.7 Å². The van der Waals surface area contributed by atoms with Gasteiger partial charge in [0.25, 0.3) is 0 Å². The van der Waals surface area contributed by atoms with Crippen molar-refractivity contribution in [2.45, 2.75) is 12.8 Å². The lowest BCUT2D eigenvalue weighted by molar-refractivity contribution is 0.561. The maximum atomic E-state index is 10.9. The minimum atomic E-state index is -2.29. The van der Waals surface area contributed by atoms with Gasteiger partial charge in [-0.15, -0.1) is 22.7 Å². The van der Waals surface area contributed by atoms with Crippen LogP contribution in [0.3, 0.4) is 0 Å². The van der Waals surface area contributed by atoms with Gasteiger partial charge in [-0.2, -0.15) is 0 Å². The van der Waals surface area contributed by atoms with Crippen LogP contribution < -0.4 is 0 Å². The van der Waals surface area contributed by atoms with Crippen LogP contribution in [0.25, 0.3) is 0 Å². The molecule has 0 atom stereocenters. The monoisotopic (exact) mass is 286 g/mol. The normalized spacial score (nSPS) is 11.4. The third-order valence-corrected chi connectivity index (χ3v) is 5.16. The van der Waals surface area contributed by atoms with Crippen LogP contribution in [0.15, 0.2) is 35.0 Å². The second-order valence-corrected chi connectivity index (χ2v) is 7.04. The van der Waals surface area contributed by atoms with E-state index in [1.807, 2.05) is 22.9 Å². The average Bonchev–Trinajstić information content (AvgIpc) is 2.89. The first kappa shape index (κ1) is 12.8. The van der Waals surface area contributed by atoms with Gasteiger partial charge in [0.2, 0.25) is 0 Å². The van der Waals surface area contributed by atoms with Crippen LogP contribution in [-0.4, -0.2) is 14.2 Å². The van der Waals surface area contributed by atoms with Crippen molar-refractivity contribution >= 4 is 33.4 Å². The summed E-state index contributed by atoms with van der Waals surface area (Å²) in [6.45, 7) is 0. The fourth-order valence-electron chi connectivity index (χ4n) is 1.84. The molecule has 2 nitrogen and oxygen atoms in total. The zero-order valence-corrected chi connectivity index (χ0v) is 11.8. The van der Waals surface area contributed by atoms with Crippen LogP contribution >= 0.6 is 22.7 Å². The summed E-state index contributed by atoms with van der Waals surface area (Å²) in [6.07, 6.45) is 1.72. The van der Waals surface area contributed by atoms with E-state index in [2.05, 4.69) is 12.1 Å². The third-order valence-electron chi connectivity index (χ3n) is 2.55. The molecule has 17 heavy (non-hydrogen) atoms. The smallest absolute Gasteiger partial charge is 0.140 e. The topological polar surface area (TPSA) is 34.1 Å². The quantitative estimate of drug-likeness (QED) is 0.829. The van der Waals surface area contributed by atoms with Crippen LogP contribution in [0.5, 0.6) is 0 Å². The van der Waals surface area contributed by atoms with Gasteiger partial charge in [0.1, 0.15) is 10.7 Å². The molecule has 0 bridgehead atoms. The lowest BCUT2D eigenvalue weighted by atomic mass is 10.0. The first-order chi connectivity index (χ1) is 8.24. The van der Waals surface area contributed by atoms with Crippen molar-refractivity contribution in [3.8, 4) is 0 Å². The molecule has 0 radical (unpaired) electrons. The van der Waals surface area contributed by atoms with Gasteiger partial charge >= 0.3 is 0 Å². The number of hydrogen-bond acceptors (Lipinski definition) is 4. The van der Waals surface area contributed by atoms with Crippen molar-refractivity contribution in [3.05, 3.63) is 44.8 Å². The molecule has 0 aromatic carbocycles. The Kier molecular flexibility index (Phi) is 4.76. The van der Waals surface area contributed by atoms with Gasteiger partial charge in [0, 0.05) is 9.75 Å². The Morgan fingerprint density at radius 3 is 1.88 bits per heavy atom. The minimum Gasteiger partial charge on any atom is -0.232 e. The predicted molar refractivity (Wildman–Crippen MR) is 74.7 cm³/mol. The largest absolute Gasteiger partial charge is 0.232 e. The maximum Gasteiger partial charge on any atom is 0.140 e. The average molecular weight is 286 g/mol. The highest BCUT2D eigenvalue weighted by atomic mass is 32.2. The van der Waals surface area contributed by atoms with Gasteiger partial charge in [0.15, 0.2) is 0 Å². The predicted octanol–water partition coefficient (Wildman–Crippen LogP) is 2.82. The molecule has 5 heteroatoms. The molecule has 0 aliphatic heterocycles. The third kappa shape index (κ3) is 4.26. The molecule has 2 aromatic heterocycles. The SMILES string of the molecule is O=[SH](=O)CC(Cc1cccs1)Cc1cccs1. The second-order valence-electron chi connectivity index (χ2n) is 3.95. The molecule has 0 unspecified atom stereocenters. The zero-order chi connectivity index (χ0) is 12.1. The summed E-state index contributed by atoms with van der Waals surface area (Å²) < 4.78 is 21.8. The summed E-state index contributed by atoms with van der Waals surface area (Å²) in [5, 5.41) is 4.07. The molecule has 0 aliphatic carbocycles. The van der Waals surface area contributed by atoms with Gasteiger partial charge in [0.05, 0.1) is 5.75 Å². The molecule has 0 fully saturated rings. The lowest BCUT2D eigenvalue weighted by Crippen LogP contribution is -2.13. The fraction of sp³-hybridized carbons (Fsp3) is 0.333. The molecule has 0 N–H and O–H groups in total. The summed E-state index contributed by atoms with van der Waals surface area (Å²) in [5.74, 6) is 0.485. The summed E-state index contributed by atoms with van der Waals surface area (Å²) >= 11 is 3.39. The van der Waals surface area contributed by atoms with E-state index in [-0.39, 0.29) is 11.7 Å². The lowest BCUT2D eigenvalue weighted by Gasteiger charge is -2.11. The van der Waals surface area contributed by atoms with E-state index >= 15 is 0 Å². The van der Waals surface area contributed by atoms with Gasteiger partial charge in [-0.3, -0.25) is 0 Å². The summed E-state index contributed by atoms with van der Waals surface area (Å²) in [4.78, 5) is 2.53. The first-order valence-corrected chi connectivity index (χ1v) is 8.53. The van der Waals surface area contributed by atoms with E-state index in [0.29, 0.717) is 0 Å². The second kappa shape index (κ2) is 6.33. The van der Waals surface area contributed by atoms with E-state index in [1.54, 1.807) is 22.7 Å². The van der Waals surface area contributed by atoms with Gasteiger partial charge < -0.3 is 0 Å². The number of thiophene rings is 2. The molecule has 2 heterocycles. The van der Waals surface area contributed by atoms with E-state index in [0.717, 1.165) is 12.8 Å². The Hall–Kier alpha value is -0.650. The number of rotatable bonds is 6. The van der Waals surface area contributed by atoms with Crippen molar-refractivity contribution in [2.75, 3.05) is 5.75 Å². The van der Waals surface area contributed by atoms with Gasteiger partial charge in [-0.25, -0.2) is 8.42 Å². The molecular formula is C12H14O2S3. The van der Waals surface area contributed by atoms with Crippen molar-refractivity contribution in [1.29, 1.82) is 0 Å². The van der Waals surface area contributed by atoms with E-state index in [9.17, 15) is 8.42 Å². The van der Waals surface area contributed by atoms with Gasteiger partial charge in [-0.1, -0.05) is 12.1 Å². The summed E-state index contributed by atoms with van der Waals surface area (Å²) in [6, 6.07) is 8.17. The van der Waals surface area contributed by atoms with E-state index in [4.69, 9.17) is 0 Å². The van der Waals surface area contributed by atoms with Crippen molar-refractivity contribution in [2.24, 2.45) is 5.92 Å². The van der Waals surface area contributed by atoms with Crippen molar-refractivity contribution in [1.82, 2.24) is 0 Å². The van der Waals surface area contributed by atoms with Crippen molar-refractivity contribution in [3.63, 3.8) is 0 Å². The molecule has 0 saturated carbocycles. The molecule has 0 amide bonds. The summed E-state index contributed by atoms with van der Waals surface area (Å²) in [7, 11) is -2.29. The van der Waals surface area contributed by atoms with Crippen LogP contribution in [0.4, 0.5) is 0 Å². The fourth-order valence-corrected chi connectivity index (χ4v) is 4.16. The first-order valence-electron chi connectivity index (χ1n) is 5.40. The maximum absolute atomic E-state index is 10.9. The molecular weight excluding hydrogens is 272 g/mol. The Bertz CT molecular complexity index is 454. The van der Waals surface area contributed by atoms with Crippen LogP contribution in [0.1, 0.15) is 9.75 Å². The zero-order valence-electron chi connectivity index (χ0n) is 9.24. The summed E-state index contributed by atoms with van der Waals surface area (Å²) in [5.41, 5.74) is 0. The Labute approximate surface area is 111 Å². The molecule has 0 aliphatic rings. The number of thiol groups is 1. The highest BCUT2D eigenvalue weighted by molar-refractivity contribution is 7.72. The molecule has 92 valence electrons. The molecule has 0 saturated heterocycles. The highest BCUT2D eigenvalue weighted by Crippen LogP contribution is 2.20. The molecule has 2 rings (SSSR count). The standard InChI is InChI=1S/C12H14O2S3/c13-17(14)9-10(7-11-3-1-5-15-11)8-12-4-2-6-16-12/h1-6,10,17H,7-9H2. The molecule has 2 aromatic rings. The van der Waals surface area contributed by atoms with E-state index in [1.165, 1.54) is 9.75 Å². The van der Waals surface area contributed by atoms with Crippen LogP contribution in [0.2, 0.25) is 0 Å². The Morgan fingerprint density at radius 1 is 1.00 bits per heavy atom. The highest BCUT2D eigenvalue weighted by Gasteiger charge is 2.13. The van der Waals surface area contributed by atoms with Crippen molar-refractivity contribution < 1.29 is 8.42 Å². The Morgan fingerprint density at radius 2 is 1.53 bits per heavy atom. The minimum absolute atomic E-state index is 0.202. The van der Waals surface area contributed by atoms with Crippen LogP contribution in [-0.2, 0) is 23.5 Å².